The van der Waals surface area contributed by atoms with E-state index in [9.17, 15) is 4.79 Å². The quantitative estimate of drug-likeness (QED) is 0.669. The summed E-state index contributed by atoms with van der Waals surface area (Å²) in [5.74, 6) is 0.487. The molecule has 0 radical (unpaired) electrons. The van der Waals surface area contributed by atoms with Crippen LogP contribution in [0.2, 0.25) is 0 Å². The van der Waals surface area contributed by atoms with Gasteiger partial charge in [0.15, 0.2) is 0 Å². The minimum atomic E-state index is 0.360. The van der Waals surface area contributed by atoms with Gasteiger partial charge in [-0.25, -0.2) is 0 Å². The van der Waals surface area contributed by atoms with Gasteiger partial charge in [0.1, 0.15) is 5.78 Å². The highest BCUT2D eigenvalue weighted by molar-refractivity contribution is 8.01. The van der Waals surface area contributed by atoms with Crippen molar-refractivity contribution in [2.45, 2.75) is 82.1 Å². The van der Waals surface area contributed by atoms with E-state index in [1.54, 1.807) is 0 Å². The van der Waals surface area contributed by atoms with E-state index >= 15 is 0 Å². The second kappa shape index (κ2) is 6.68. The van der Waals surface area contributed by atoms with Crippen LogP contribution in [0.3, 0.4) is 0 Å². The summed E-state index contributed by atoms with van der Waals surface area (Å²) in [6.45, 7) is 6.88. The minimum absolute atomic E-state index is 0.360. The van der Waals surface area contributed by atoms with Gasteiger partial charge in [0.05, 0.1) is 0 Å². The Kier molecular flexibility index (Phi) is 5.88. The molecule has 0 aromatic heterocycles. The summed E-state index contributed by atoms with van der Waals surface area (Å²) in [5.41, 5.74) is 0. The van der Waals surface area contributed by atoms with Crippen molar-refractivity contribution in [1.29, 1.82) is 0 Å². The average Bonchev–Trinajstić information content (AvgIpc) is 2.14. The Labute approximate surface area is 105 Å². The van der Waals surface area contributed by atoms with Crippen LogP contribution in [0.25, 0.3) is 0 Å². The molecule has 1 aliphatic carbocycles. The second-order valence-corrected chi connectivity index (χ2v) is 8.01. The van der Waals surface area contributed by atoms with Gasteiger partial charge in [0.2, 0.25) is 0 Å². The number of ketones is 1. The number of rotatable bonds is 1. The predicted molar refractivity (Wildman–Crippen MR) is 73.1 cm³/mol. The van der Waals surface area contributed by atoms with Gasteiger partial charge in [-0.1, -0.05) is 33.6 Å². The van der Waals surface area contributed by atoms with Gasteiger partial charge >= 0.3 is 0 Å². The highest BCUT2D eigenvalue weighted by atomic mass is 32.2. The van der Waals surface area contributed by atoms with Crippen molar-refractivity contribution in [3.63, 3.8) is 0 Å². The smallest absolute Gasteiger partial charge is 0.132 e. The van der Waals surface area contributed by atoms with Crippen LogP contribution in [0.1, 0.15) is 72.1 Å². The first-order chi connectivity index (χ1) is 7.47. The lowest BCUT2D eigenvalue weighted by atomic mass is 10.00. The van der Waals surface area contributed by atoms with Crippen molar-refractivity contribution in [1.82, 2.24) is 0 Å². The third kappa shape index (κ3) is 6.57. The summed E-state index contributed by atoms with van der Waals surface area (Å²) in [7, 11) is 0. The molecule has 0 saturated heterocycles. The molecule has 0 bridgehead atoms. The fourth-order valence-electron chi connectivity index (χ4n) is 2.29. The molecular weight excluding hydrogens is 216 g/mol. The normalized spacial score (nSPS) is 25.4. The van der Waals surface area contributed by atoms with Crippen molar-refractivity contribution in [2.24, 2.45) is 0 Å². The Bertz CT molecular complexity index is 217. The Morgan fingerprint density at radius 2 is 1.62 bits per heavy atom. The topological polar surface area (TPSA) is 17.1 Å². The van der Waals surface area contributed by atoms with Crippen LogP contribution in [0.5, 0.6) is 0 Å². The molecule has 1 rings (SSSR count). The van der Waals surface area contributed by atoms with E-state index in [4.69, 9.17) is 0 Å². The zero-order valence-electron chi connectivity index (χ0n) is 11.1. The van der Waals surface area contributed by atoms with Gasteiger partial charge in [-0.3, -0.25) is 4.79 Å². The van der Waals surface area contributed by atoms with E-state index in [1.165, 1.54) is 25.7 Å². The summed E-state index contributed by atoms with van der Waals surface area (Å²) in [4.78, 5) is 11.5. The minimum Gasteiger partial charge on any atom is -0.300 e. The molecule has 1 atom stereocenters. The number of carbonyl (C=O) groups is 1. The Hall–Kier alpha value is 0.0200. The molecule has 0 aliphatic heterocycles. The van der Waals surface area contributed by atoms with E-state index in [-0.39, 0.29) is 0 Å². The van der Waals surface area contributed by atoms with Gasteiger partial charge < -0.3 is 0 Å². The van der Waals surface area contributed by atoms with Gasteiger partial charge in [-0.05, 0) is 25.7 Å². The molecule has 2 heteroatoms. The lowest BCUT2D eigenvalue weighted by molar-refractivity contribution is -0.119. The largest absolute Gasteiger partial charge is 0.300 e. The number of hydrogen-bond donors (Lipinski definition) is 0. The van der Waals surface area contributed by atoms with Crippen LogP contribution in [-0.4, -0.2) is 15.8 Å². The van der Waals surface area contributed by atoms with E-state index in [0.29, 0.717) is 10.5 Å². The fraction of sp³-hybridized carbons (Fsp3) is 0.929. The highest BCUT2D eigenvalue weighted by Gasteiger charge is 2.19. The Morgan fingerprint density at radius 3 is 2.31 bits per heavy atom. The number of thioether (sulfide) groups is 1. The molecular formula is C14H26OS. The third-order valence-electron chi connectivity index (χ3n) is 2.98. The van der Waals surface area contributed by atoms with Gasteiger partial charge in [0, 0.05) is 22.8 Å². The molecule has 0 heterocycles. The van der Waals surface area contributed by atoms with Crippen molar-refractivity contribution >= 4 is 17.5 Å². The maximum Gasteiger partial charge on any atom is 0.132 e. The first-order valence-corrected chi connectivity index (χ1v) is 7.55. The summed E-state index contributed by atoms with van der Waals surface area (Å²) < 4.78 is 0.360. The molecule has 0 aromatic carbocycles. The third-order valence-corrected chi connectivity index (χ3v) is 4.50. The van der Waals surface area contributed by atoms with Crippen LogP contribution in [-0.2, 0) is 4.79 Å². The molecule has 0 aromatic rings. The first kappa shape index (κ1) is 14.1. The molecule has 0 spiro atoms. The molecule has 0 amide bonds. The summed E-state index contributed by atoms with van der Waals surface area (Å²) >= 11 is 2.11. The van der Waals surface area contributed by atoms with E-state index in [2.05, 4.69) is 32.5 Å². The van der Waals surface area contributed by atoms with Crippen LogP contribution in [0.4, 0.5) is 0 Å². The maximum atomic E-state index is 11.5. The zero-order chi connectivity index (χ0) is 12.0. The predicted octanol–water partition coefficient (Wildman–Crippen LogP) is 4.59. The fourth-order valence-corrected chi connectivity index (χ4v) is 3.85. The number of carbonyl (C=O) groups excluding carboxylic acids is 1. The van der Waals surface area contributed by atoms with Crippen molar-refractivity contribution < 1.29 is 4.79 Å². The first-order valence-electron chi connectivity index (χ1n) is 6.67. The standard InChI is InChI=1S/C14H26OS/c1-14(2,3)16-13-10-6-4-5-8-12(15)9-7-11-13/h13H,4-11H2,1-3H3. The lowest BCUT2D eigenvalue weighted by Crippen LogP contribution is -2.17. The lowest BCUT2D eigenvalue weighted by Gasteiger charge is -2.26. The molecule has 1 nitrogen and oxygen atoms in total. The molecule has 16 heavy (non-hydrogen) atoms. The molecule has 0 N–H and O–H groups in total. The molecule has 1 aliphatic rings. The Balaban J connectivity index is 2.40. The monoisotopic (exact) mass is 242 g/mol. The van der Waals surface area contributed by atoms with Crippen LogP contribution >= 0.6 is 11.8 Å². The van der Waals surface area contributed by atoms with Gasteiger partial charge in [0.25, 0.3) is 0 Å². The van der Waals surface area contributed by atoms with E-state index in [1.807, 2.05) is 0 Å². The van der Waals surface area contributed by atoms with Crippen LogP contribution in [0, 0.1) is 0 Å². The SMILES string of the molecule is CC(C)(C)SC1CCCCCC(=O)CCC1. The second-order valence-electron chi connectivity index (χ2n) is 5.88. The van der Waals surface area contributed by atoms with E-state index < -0.39 is 0 Å². The number of hydrogen-bond acceptors (Lipinski definition) is 2. The van der Waals surface area contributed by atoms with Gasteiger partial charge in [-0.15, -0.1) is 0 Å². The average molecular weight is 242 g/mol. The van der Waals surface area contributed by atoms with Gasteiger partial charge in [-0.2, -0.15) is 11.8 Å². The molecule has 1 unspecified atom stereocenters. The van der Waals surface area contributed by atoms with E-state index in [0.717, 1.165) is 30.9 Å². The Morgan fingerprint density at radius 1 is 1.00 bits per heavy atom. The van der Waals surface area contributed by atoms with Crippen molar-refractivity contribution in [3.05, 3.63) is 0 Å². The molecule has 1 fully saturated rings. The number of Topliss-reactive ketones (excluding diaryl/α,β-unsaturated/α-hetero) is 1. The zero-order valence-corrected chi connectivity index (χ0v) is 11.9. The summed E-state index contributed by atoms with van der Waals surface area (Å²) in [5, 5.41) is 0.769. The summed E-state index contributed by atoms with van der Waals surface area (Å²) in [6.07, 6.45) is 8.99. The maximum absolute atomic E-state index is 11.5. The molecule has 1 saturated carbocycles. The highest BCUT2D eigenvalue weighted by Crippen LogP contribution is 2.34. The van der Waals surface area contributed by atoms with Crippen LogP contribution in [0.15, 0.2) is 0 Å². The molecule has 94 valence electrons. The summed E-state index contributed by atoms with van der Waals surface area (Å²) in [6, 6.07) is 0. The van der Waals surface area contributed by atoms with Crippen molar-refractivity contribution in [2.75, 3.05) is 0 Å². The van der Waals surface area contributed by atoms with Crippen LogP contribution < -0.4 is 0 Å². The van der Waals surface area contributed by atoms with Crippen molar-refractivity contribution in [3.8, 4) is 0 Å².